The molecular formula is C14H20N2O4S. The van der Waals surface area contributed by atoms with Crippen molar-refractivity contribution in [1.82, 2.24) is 4.90 Å². The van der Waals surface area contributed by atoms with E-state index in [4.69, 9.17) is 4.74 Å². The van der Waals surface area contributed by atoms with Gasteiger partial charge in [-0.3, -0.25) is 9.52 Å². The van der Waals surface area contributed by atoms with Gasteiger partial charge < -0.3 is 9.64 Å². The first kappa shape index (κ1) is 15.6. The van der Waals surface area contributed by atoms with Gasteiger partial charge in [-0.15, -0.1) is 0 Å². The van der Waals surface area contributed by atoms with Crippen molar-refractivity contribution in [1.29, 1.82) is 0 Å². The summed E-state index contributed by atoms with van der Waals surface area (Å²) in [6, 6.07) is 4.79. The number of nitrogens with one attached hydrogen (secondary N) is 1. The van der Waals surface area contributed by atoms with Crippen molar-refractivity contribution < 1.29 is 17.9 Å². The minimum Gasteiger partial charge on any atom is -0.491 e. The minimum atomic E-state index is -3.37. The molecule has 1 heterocycles. The number of likely N-dealkylation sites (N-methyl/N-ethyl adjacent to an activating group) is 1. The van der Waals surface area contributed by atoms with Crippen LogP contribution >= 0.6 is 0 Å². The van der Waals surface area contributed by atoms with E-state index in [2.05, 4.69) is 4.72 Å². The molecule has 1 aliphatic heterocycles. The second-order valence-electron chi connectivity index (χ2n) is 4.87. The normalized spacial score (nSPS) is 15.1. The average molecular weight is 312 g/mol. The lowest BCUT2D eigenvalue weighted by Gasteiger charge is -2.17. The van der Waals surface area contributed by atoms with Gasteiger partial charge in [0.2, 0.25) is 10.0 Å². The topological polar surface area (TPSA) is 75.7 Å². The van der Waals surface area contributed by atoms with E-state index in [0.29, 0.717) is 43.1 Å². The van der Waals surface area contributed by atoms with Gasteiger partial charge in [0, 0.05) is 12.2 Å². The molecule has 0 aromatic heterocycles. The van der Waals surface area contributed by atoms with Crippen LogP contribution < -0.4 is 9.46 Å². The first-order valence-corrected chi connectivity index (χ1v) is 8.68. The van der Waals surface area contributed by atoms with Gasteiger partial charge in [0.1, 0.15) is 12.4 Å². The SMILES string of the molecule is CCCS(=O)(=O)Nc1ccc2c(c1)C(=O)N(CC)CCO2. The van der Waals surface area contributed by atoms with Crippen LogP contribution in [0.3, 0.4) is 0 Å². The molecule has 0 atom stereocenters. The van der Waals surface area contributed by atoms with Crippen LogP contribution in [-0.2, 0) is 10.0 Å². The summed E-state index contributed by atoms with van der Waals surface area (Å²) in [5.41, 5.74) is 0.781. The van der Waals surface area contributed by atoms with Gasteiger partial charge in [-0.1, -0.05) is 6.92 Å². The maximum Gasteiger partial charge on any atom is 0.257 e. The van der Waals surface area contributed by atoms with Gasteiger partial charge >= 0.3 is 0 Å². The van der Waals surface area contributed by atoms with E-state index >= 15 is 0 Å². The summed E-state index contributed by atoms with van der Waals surface area (Å²) in [7, 11) is -3.37. The van der Waals surface area contributed by atoms with Gasteiger partial charge in [-0.25, -0.2) is 8.42 Å². The van der Waals surface area contributed by atoms with Crippen LogP contribution in [0, 0.1) is 0 Å². The molecule has 116 valence electrons. The number of nitrogens with zero attached hydrogens (tertiary/aromatic N) is 1. The van der Waals surface area contributed by atoms with Crippen molar-refractivity contribution in [2.45, 2.75) is 20.3 Å². The molecule has 0 saturated carbocycles. The van der Waals surface area contributed by atoms with E-state index in [1.807, 2.05) is 6.92 Å². The van der Waals surface area contributed by atoms with E-state index in [0.717, 1.165) is 0 Å². The summed E-state index contributed by atoms with van der Waals surface area (Å²) in [6.07, 6.45) is 0.534. The molecule has 6 nitrogen and oxygen atoms in total. The Morgan fingerprint density at radius 1 is 1.33 bits per heavy atom. The summed E-state index contributed by atoms with van der Waals surface area (Å²) < 4.78 is 31.6. The average Bonchev–Trinajstić information content (AvgIpc) is 2.58. The molecule has 21 heavy (non-hydrogen) atoms. The summed E-state index contributed by atoms with van der Waals surface area (Å²) >= 11 is 0. The smallest absolute Gasteiger partial charge is 0.257 e. The number of hydrogen-bond donors (Lipinski definition) is 1. The van der Waals surface area contributed by atoms with Crippen molar-refractivity contribution in [3.8, 4) is 5.75 Å². The third kappa shape index (κ3) is 3.66. The van der Waals surface area contributed by atoms with Crippen LogP contribution in [0.2, 0.25) is 0 Å². The number of anilines is 1. The van der Waals surface area contributed by atoms with Crippen molar-refractivity contribution in [3.63, 3.8) is 0 Å². The summed E-state index contributed by atoms with van der Waals surface area (Å²) in [4.78, 5) is 14.1. The number of ether oxygens (including phenoxy) is 1. The predicted molar refractivity (Wildman–Crippen MR) is 81.2 cm³/mol. The highest BCUT2D eigenvalue weighted by Crippen LogP contribution is 2.27. The van der Waals surface area contributed by atoms with Crippen LogP contribution in [-0.4, -0.2) is 44.7 Å². The molecule has 1 aromatic rings. The Bertz CT molecular complexity index is 628. The third-order valence-electron chi connectivity index (χ3n) is 3.24. The first-order chi connectivity index (χ1) is 9.96. The highest BCUT2D eigenvalue weighted by atomic mass is 32.2. The third-order valence-corrected chi connectivity index (χ3v) is 4.74. The van der Waals surface area contributed by atoms with E-state index in [-0.39, 0.29) is 11.7 Å². The number of hydrogen-bond acceptors (Lipinski definition) is 4. The zero-order valence-electron chi connectivity index (χ0n) is 12.3. The highest BCUT2D eigenvalue weighted by molar-refractivity contribution is 7.92. The number of benzene rings is 1. The molecule has 1 amide bonds. The van der Waals surface area contributed by atoms with Crippen LogP contribution in [0.15, 0.2) is 18.2 Å². The lowest BCUT2D eigenvalue weighted by atomic mass is 10.1. The Labute approximate surface area is 125 Å². The zero-order valence-corrected chi connectivity index (χ0v) is 13.1. The van der Waals surface area contributed by atoms with Gasteiger partial charge in [-0.05, 0) is 31.5 Å². The van der Waals surface area contributed by atoms with E-state index < -0.39 is 10.0 Å². The standard InChI is InChI=1S/C14H20N2O4S/c1-3-9-21(18,19)15-11-5-6-13-12(10-11)14(17)16(4-2)7-8-20-13/h5-6,10,15H,3-4,7-9H2,1-2H3. The van der Waals surface area contributed by atoms with Gasteiger partial charge in [0.25, 0.3) is 5.91 Å². The molecule has 0 saturated heterocycles. The van der Waals surface area contributed by atoms with Crippen molar-refractivity contribution in [3.05, 3.63) is 23.8 Å². The van der Waals surface area contributed by atoms with Gasteiger partial charge in [-0.2, -0.15) is 0 Å². The second kappa shape index (κ2) is 6.34. The van der Waals surface area contributed by atoms with Crippen LogP contribution in [0.25, 0.3) is 0 Å². The monoisotopic (exact) mass is 312 g/mol. The molecule has 0 spiro atoms. The van der Waals surface area contributed by atoms with Crippen LogP contribution in [0.1, 0.15) is 30.6 Å². The number of amides is 1. The Morgan fingerprint density at radius 3 is 2.76 bits per heavy atom. The Kier molecular flexibility index (Phi) is 4.72. The lowest BCUT2D eigenvalue weighted by Crippen LogP contribution is -2.32. The summed E-state index contributed by atoms with van der Waals surface area (Å²) in [5, 5.41) is 0. The molecule has 1 aliphatic rings. The number of carbonyl (C=O) groups is 1. The van der Waals surface area contributed by atoms with E-state index in [9.17, 15) is 13.2 Å². The molecule has 0 aliphatic carbocycles. The Hall–Kier alpha value is -1.76. The Balaban J connectivity index is 2.31. The number of fused-ring (bicyclic) bond motifs is 1. The summed E-state index contributed by atoms with van der Waals surface area (Å²) in [6.45, 7) is 5.26. The fourth-order valence-electron chi connectivity index (χ4n) is 2.23. The molecule has 7 heteroatoms. The molecule has 0 bridgehead atoms. The van der Waals surface area contributed by atoms with Crippen LogP contribution in [0.5, 0.6) is 5.75 Å². The quantitative estimate of drug-likeness (QED) is 0.898. The molecule has 0 unspecified atom stereocenters. The predicted octanol–water partition coefficient (Wildman–Crippen LogP) is 1.69. The molecular weight excluding hydrogens is 292 g/mol. The lowest BCUT2D eigenvalue weighted by molar-refractivity contribution is 0.0765. The first-order valence-electron chi connectivity index (χ1n) is 7.03. The molecule has 2 rings (SSSR count). The minimum absolute atomic E-state index is 0.0512. The van der Waals surface area contributed by atoms with Gasteiger partial charge in [0.05, 0.1) is 17.9 Å². The van der Waals surface area contributed by atoms with Crippen molar-refractivity contribution in [2.75, 3.05) is 30.2 Å². The highest BCUT2D eigenvalue weighted by Gasteiger charge is 2.23. The maximum absolute atomic E-state index is 12.4. The van der Waals surface area contributed by atoms with Crippen LogP contribution in [0.4, 0.5) is 5.69 Å². The fourth-order valence-corrected chi connectivity index (χ4v) is 3.35. The zero-order chi connectivity index (χ0) is 15.5. The fraction of sp³-hybridized carbons (Fsp3) is 0.500. The summed E-state index contributed by atoms with van der Waals surface area (Å²) in [5.74, 6) is 0.409. The van der Waals surface area contributed by atoms with E-state index in [1.165, 1.54) is 0 Å². The molecule has 0 radical (unpaired) electrons. The number of carbonyl (C=O) groups excluding carboxylic acids is 1. The molecule has 0 fully saturated rings. The largest absolute Gasteiger partial charge is 0.491 e. The molecule has 1 N–H and O–H groups in total. The van der Waals surface area contributed by atoms with E-state index in [1.54, 1.807) is 30.0 Å². The number of sulfonamides is 1. The van der Waals surface area contributed by atoms with Gasteiger partial charge in [0.15, 0.2) is 0 Å². The maximum atomic E-state index is 12.4. The van der Waals surface area contributed by atoms with Crippen molar-refractivity contribution >= 4 is 21.6 Å². The second-order valence-corrected chi connectivity index (χ2v) is 6.71. The Morgan fingerprint density at radius 2 is 2.10 bits per heavy atom. The molecule has 1 aromatic carbocycles. The number of rotatable bonds is 5. The van der Waals surface area contributed by atoms with Crippen molar-refractivity contribution in [2.24, 2.45) is 0 Å².